The van der Waals surface area contributed by atoms with E-state index >= 15 is 0 Å². The molecule has 0 radical (unpaired) electrons. The van der Waals surface area contributed by atoms with Crippen LogP contribution in [-0.2, 0) is 0 Å². The molecule has 13 heavy (non-hydrogen) atoms. The smallest absolute Gasteiger partial charge is 0.162 e. The standard InChI is InChI=1S/C8H6FN3O/c1-4(13)5-2-7-8(3-6(5)9)11-12-10-7/h2-3H,1H3,(H,10,11,12). The Morgan fingerprint density at radius 2 is 2.00 bits per heavy atom. The van der Waals surface area contributed by atoms with Gasteiger partial charge in [-0.25, -0.2) is 4.39 Å². The molecule has 0 bridgehead atoms. The summed E-state index contributed by atoms with van der Waals surface area (Å²) >= 11 is 0. The van der Waals surface area contributed by atoms with Crippen molar-refractivity contribution in [1.82, 2.24) is 15.4 Å². The van der Waals surface area contributed by atoms with Gasteiger partial charge in [0.2, 0.25) is 0 Å². The van der Waals surface area contributed by atoms with Crippen molar-refractivity contribution >= 4 is 16.8 Å². The van der Waals surface area contributed by atoms with Crippen LogP contribution in [0.4, 0.5) is 4.39 Å². The molecular formula is C8H6FN3O. The molecule has 0 spiro atoms. The van der Waals surface area contributed by atoms with Gasteiger partial charge in [-0.05, 0) is 13.0 Å². The second-order valence-electron chi connectivity index (χ2n) is 2.70. The second kappa shape index (κ2) is 2.62. The van der Waals surface area contributed by atoms with Crippen molar-refractivity contribution in [1.29, 1.82) is 0 Å². The Morgan fingerprint density at radius 3 is 2.62 bits per heavy atom. The zero-order chi connectivity index (χ0) is 9.42. The molecule has 2 aromatic rings. The van der Waals surface area contributed by atoms with E-state index in [-0.39, 0.29) is 11.3 Å². The molecule has 1 aromatic heterocycles. The minimum atomic E-state index is -0.561. The van der Waals surface area contributed by atoms with Crippen LogP contribution in [0.25, 0.3) is 11.0 Å². The third-order valence-corrected chi connectivity index (χ3v) is 1.78. The summed E-state index contributed by atoms with van der Waals surface area (Å²) in [5.41, 5.74) is 0.954. The topological polar surface area (TPSA) is 58.6 Å². The molecule has 0 saturated carbocycles. The summed E-state index contributed by atoms with van der Waals surface area (Å²) in [5, 5.41) is 9.79. The van der Waals surface area contributed by atoms with E-state index in [4.69, 9.17) is 0 Å². The van der Waals surface area contributed by atoms with Crippen LogP contribution >= 0.6 is 0 Å². The highest BCUT2D eigenvalue weighted by Gasteiger charge is 2.10. The van der Waals surface area contributed by atoms with E-state index in [0.717, 1.165) is 0 Å². The first kappa shape index (κ1) is 7.85. The van der Waals surface area contributed by atoms with Crippen molar-refractivity contribution in [3.05, 3.63) is 23.5 Å². The van der Waals surface area contributed by atoms with E-state index in [9.17, 15) is 9.18 Å². The Kier molecular flexibility index (Phi) is 1.58. The lowest BCUT2D eigenvalue weighted by atomic mass is 10.1. The number of fused-ring (bicyclic) bond motifs is 1. The highest BCUT2D eigenvalue weighted by molar-refractivity contribution is 5.97. The van der Waals surface area contributed by atoms with Gasteiger partial charge in [0.1, 0.15) is 16.9 Å². The maximum atomic E-state index is 13.1. The SMILES string of the molecule is CC(=O)c1cc2n[nH]nc2cc1F. The van der Waals surface area contributed by atoms with Gasteiger partial charge < -0.3 is 0 Å². The first-order valence-electron chi connectivity index (χ1n) is 3.69. The number of carbonyl (C=O) groups excluding carboxylic acids is 1. The predicted molar refractivity (Wildman–Crippen MR) is 43.9 cm³/mol. The minimum Gasteiger partial charge on any atom is -0.294 e. The Bertz CT molecular complexity index is 477. The van der Waals surface area contributed by atoms with E-state index in [0.29, 0.717) is 11.0 Å². The average molecular weight is 179 g/mol. The summed E-state index contributed by atoms with van der Waals surface area (Å²) in [6.07, 6.45) is 0. The lowest BCUT2D eigenvalue weighted by molar-refractivity contribution is 0.101. The first-order valence-corrected chi connectivity index (χ1v) is 3.69. The number of H-pyrrole nitrogens is 1. The Hall–Kier alpha value is -1.78. The molecule has 5 heteroatoms. The number of carbonyl (C=O) groups is 1. The van der Waals surface area contributed by atoms with Crippen LogP contribution in [0.3, 0.4) is 0 Å². The summed E-state index contributed by atoms with van der Waals surface area (Å²) in [5.74, 6) is -0.878. The molecule has 0 aliphatic heterocycles. The van der Waals surface area contributed by atoms with Crippen LogP contribution in [0.2, 0.25) is 0 Å². The molecule has 2 rings (SSSR count). The lowest BCUT2D eigenvalue weighted by Gasteiger charge is -1.96. The van der Waals surface area contributed by atoms with Crippen LogP contribution in [0.5, 0.6) is 0 Å². The number of hydrogen-bond donors (Lipinski definition) is 1. The molecule has 0 unspecified atom stereocenters. The largest absolute Gasteiger partial charge is 0.294 e. The van der Waals surface area contributed by atoms with Crippen molar-refractivity contribution in [2.75, 3.05) is 0 Å². The number of nitrogens with zero attached hydrogens (tertiary/aromatic N) is 2. The molecule has 66 valence electrons. The molecule has 0 aliphatic rings. The number of benzene rings is 1. The number of nitrogens with one attached hydrogen (secondary N) is 1. The molecule has 1 aromatic carbocycles. The zero-order valence-corrected chi connectivity index (χ0v) is 6.84. The van der Waals surface area contributed by atoms with Crippen molar-refractivity contribution in [2.45, 2.75) is 6.92 Å². The average Bonchev–Trinajstić information content (AvgIpc) is 2.48. The molecule has 0 atom stereocenters. The maximum absolute atomic E-state index is 13.1. The monoisotopic (exact) mass is 179 g/mol. The molecule has 0 fully saturated rings. The number of aromatic nitrogens is 3. The molecule has 0 aliphatic carbocycles. The summed E-state index contributed by atoms with van der Waals surface area (Å²) in [4.78, 5) is 10.9. The Labute approximate surface area is 72.8 Å². The van der Waals surface area contributed by atoms with E-state index in [1.54, 1.807) is 0 Å². The van der Waals surface area contributed by atoms with Gasteiger partial charge in [-0.3, -0.25) is 4.79 Å². The molecule has 1 heterocycles. The van der Waals surface area contributed by atoms with Crippen LogP contribution in [-0.4, -0.2) is 21.2 Å². The highest BCUT2D eigenvalue weighted by atomic mass is 19.1. The van der Waals surface area contributed by atoms with Crippen LogP contribution in [0.15, 0.2) is 12.1 Å². The Morgan fingerprint density at radius 1 is 1.38 bits per heavy atom. The minimum absolute atomic E-state index is 0.0430. The summed E-state index contributed by atoms with van der Waals surface area (Å²) in [6.45, 7) is 1.31. The van der Waals surface area contributed by atoms with E-state index < -0.39 is 5.82 Å². The number of Topliss-reactive ketones (excluding diaryl/α,β-unsaturated/α-hetero) is 1. The summed E-state index contributed by atoms with van der Waals surface area (Å²) in [7, 11) is 0. The van der Waals surface area contributed by atoms with Crippen molar-refractivity contribution in [2.24, 2.45) is 0 Å². The van der Waals surface area contributed by atoms with Gasteiger partial charge in [-0.1, -0.05) is 0 Å². The molecular weight excluding hydrogens is 173 g/mol. The quantitative estimate of drug-likeness (QED) is 0.671. The third-order valence-electron chi connectivity index (χ3n) is 1.78. The fourth-order valence-electron chi connectivity index (χ4n) is 1.13. The van der Waals surface area contributed by atoms with Crippen LogP contribution in [0, 0.1) is 5.82 Å². The molecule has 1 N–H and O–H groups in total. The van der Waals surface area contributed by atoms with E-state index in [1.807, 2.05) is 0 Å². The first-order chi connectivity index (χ1) is 6.18. The fourth-order valence-corrected chi connectivity index (χ4v) is 1.13. The van der Waals surface area contributed by atoms with E-state index in [2.05, 4.69) is 15.4 Å². The number of hydrogen-bond acceptors (Lipinski definition) is 3. The van der Waals surface area contributed by atoms with Gasteiger partial charge in [-0.2, -0.15) is 15.4 Å². The summed E-state index contributed by atoms with van der Waals surface area (Å²) < 4.78 is 13.1. The number of halogens is 1. The fraction of sp³-hybridized carbons (Fsp3) is 0.125. The normalized spacial score (nSPS) is 10.6. The summed E-state index contributed by atoms with van der Waals surface area (Å²) in [6, 6.07) is 2.58. The van der Waals surface area contributed by atoms with Gasteiger partial charge in [-0.15, -0.1) is 0 Å². The Balaban J connectivity index is 2.76. The van der Waals surface area contributed by atoms with Gasteiger partial charge in [0.15, 0.2) is 5.78 Å². The van der Waals surface area contributed by atoms with Crippen molar-refractivity contribution < 1.29 is 9.18 Å². The van der Waals surface area contributed by atoms with Crippen molar-refractivity contribution in [3.8, 4) is 0 Å². The molecule has 0 saturated heterocycles. The van der Waals surface area contributed by atoms with Crippen molar-refractivity contribution in [3.63, 3.8) is 0 Å². The second-order valence-corrected chi connectivity index (χ2v) is 2.70. The molecule has 4 nitrogen and oxygen atoms in total. The van der Waals surface area contributed by atoms with Crippen LogP contribution < -0.4 is 0 Å². The third kappa shape index (κ3) is 1.18. The zero-order valence-electron chi connectivity index (χ0n) is 6.84. The van der Waals surface area contributed by atoms with Gasteiger partial charge >= 0.3 is 0 Å². The van der Waals surface area contributed by atoms with Gasteiger partial charge in [0, 0.05) is 6.07 Å². The predicted octanol–water partition coefficient (Wildman–Crippen LogP) is 1.30. The van der Waals surface area contributed by atoms with Gasteiger partial charge in [0.05, 0.1) is 5.56 Å². The number of rotatable bonds is 1. The number of aromatic amines is 1. The maximum Gasteiger partial charge on any atom is 0.162 e. The van der Waals surface area contributed by atoms with Gasteiger partial charge in [0.25, 0.3) is 0 Å². The highest BCUT2D eigenvalue weighted by Crippen LogP contribution is 2.15. The number of ketones is 1. The molecule has 0 amide bonds. The van der Waals surface area contributed by atoms with E-state index in [1.165, 1.54) is 19.1 Å². The van der Waals surface area contributed by atoms with Crippen LogP contribution in [0.1, 0.15) is 17.3 Å². The lowest BCUT2D eigenvalue weighted by Crippen LogP contribution is -1.96.